The Bertz CT molecular complexity index is 754. The molecular formula is C19H18ClNO3. The third-order valence-electron chi connectivity index (χ3n) is 3.22. The Kier molecular flexibility index (Phi) is 6.58. The lowest BCUT2D eigenvalue weighted by Crippen LogP contribution is -2.11. The molecule has 1 N–H and O–H groups in total. The molecule has 5 heteroatoms. The van der Waals surface area contributed by atoms with Crippen molar-refractivity contribution < 1.29 is 14.6 Å². The molecule has 0 aromatic heterocycles. The molecule has 0 spiro atoms. The summed E-state index contributed by atoms with van der Waals surface area (Å²) >= 11 is 6.08. The molecule has 4 nitrogen and oxygen atoms in total. The van der Waals surface area contributed by atoms with Crippen molar-refractivity contribution in [2.75, 3.05) is 6.61 Å². The van der Waals surface area contributed by atoms with E-state index < -0.39 is 5.97 Å². The fraction of sp³-hybridized carbons (Fsp3) is 0.158. The minimum atomic E-state index is -0.647. The van der Waals surface area contributed by atoms with E-state index in [0.29, 0.717) is 17.1 Å². The number of rotatable bonds is 6. The molecule has 0 aliphatic heterocycles. The number of benzene rings is 2. The predicted octanol–water partition coefficient (Wildman–Crippen LogP) is 4.44. The maximum absolute atomic E-state index is 12.1. The van der Waals surface area contributed by atoms with Gasteiger partial charge in [-0.3, -0.25) is 4.99 Å². The number of carbonyl (C=O) groups excluding carboxylic acids is 1. The highest BCUT2D eigenvalue weighted by atomic mass is 35.5. The number of ether oxygens (including phenoxy) is 1. The Balaban J connectivity index is 2.32. The summed E-state index contributed by atoms with van der Waals surface area (Å²) in [6.07, 6.45) is 1.32. The molecule has 0 unspecified atom stereocenters. The number of nitrogens with zero attached hydrogens (tertiary/aromatic N) is 1. The van der Waals surface area contributed by atoms with E-state index in [0.717, 1.165) is 5.56 Å². The van der Waals surface area contributed by atoms with Gasteiger partial charge in [0.2, 0.25) is 0 Å². The highest BCUT2D eigenvalue weighted by Crippen LogP contribution is 2.24. The Morgan fingerprint density at radius 3 is 2.50 bits per heavy atom. The van der Waals surface area contributed by atoms with Crippen molar-refractivity contribution in [1.29, 1.82) is 0 Å². The van der Waals surface area contributed by atoms with Gasteiger partial charge in [0.25, 0.3) is 0 Å². The third-order valence-corrected chi connectivity index (χ3v) is 3.55. The van der Waals surface area contributed by atoms with Gasteiger partial charge in [-0.2, -0.15) is 0 Å². The second-order valence-corrected chi connectivity index (χ2v) is 5.33. The van der Waals surface area contributed by atoms with Crippen LogP contribution in [0.25, 0.3) is 5.76 Å². The molecule has 0 amide bonds. The van der Waals surface area contributed by atoms with Crippen LogP contribution in [0, 0.1) is 0 Å². The van der Waals surface area contributed by atoms with Crippen molar-refractivity contribution in [3.05, 3.63) is 76.3 Å². The Labute approximate surface area is 146 Å². The molecule has 0 heterocycles. The standard InChI is InChI=1S/C19H18ClNO3/c1-2-24-19(23)16(13-21-12-14-8-4-3-5-9-14)18(22)15-10-6-7-11-17(15)20/h3-11,13,22H,2,12H2,1H3/b18-16+,21-13?. The largest absolute Gasteiger partial charge is 0.506 e. The molecule has 0 saturated carbocycles. The minimum absolute atomic E-state index is 0.0270. The van der Waals surface area contributed by atoms with Gasteiger partial charge in [0.1, 0.15) is 11.3 Å². The van der Waals surface area contributed by atoms with E-state index >= 15 is 0 Å². The lowest BCUT2D eigenvalue weighted by Gasteiger charge is -2.08. The van der Waals surface area contributed by atoms with Gasteiger partial charge in [-0.25, -0.2) is 4.79 Å². The molecule has 0 atom stereocenters. The Morgan fingerprint density at radius 1 is 1.17 bits per heavy atom. The zero-order valence-corrected chi connectivity index (χ0v) is 14.0. The number of esters is 1. The summed E-state index contributed by atoms with van der Waals surface area (Å²) in [5.41, 5.74) is 1.32. The SMILES string of the molecule is CCOC(=O)/C(C=NCc1ccccc1)=C(/O)c1ccccc1Cl. The van der Waals surface area contributed by atoms with E-state index in [-0.39, 0.29) is 17.9 Å². The average Bonchev–Trinajstić information content (AvgIpc) is 2.60. The van der Waals surface area contributed by atoms with Crippen LogP contribution in [0.3, 0.4) is 0 Å². The molecule has 0 bridgehead atoms. The molecular weight excluding hydrogens is 326 g/mol. The van der Waals surface area contributed by atoms with Crippen LogP contribution in [0.2, 0.25) is 5.02 Å². The van der Waals surface area contributed by atoms with E-state index in [1.165, 1.54) is 6.21 Å². The number of halogens is 1. The van der Waals surface area contributed by atoms with E-state index in [2.05, 4.69) is 4.99 Å². The number of carbonyl (C=O) groups is 1. The van der Waals surface area contributed by atoms with Gasteiger partial charge >= 0.3 is 5.97 Å². The normalized spacial score (nSPS) is 12.1. The number of hydrogen-bond acceptors (Lipinski definition) is 4. The van der Waals surface area contributed by atoms with Gasteiger partial charge in [-0.05, 0) is 24.6 Å². The summed E-state index contributed by atoms with van der Waals surface area (Å²) in [5, 5.41) is 10.8. The van der Waals surface area contributed by atoms with Gasteiger partial charge in [-0.15, -0.1) is 0 Å². The second-order valence-electron chi connectivity index (χ2n) is 4.92. The number of aliphatic imine (C=N–C) groups is 1. The average molecular weight is 344 g/mol. The highest BCUT2D eigenvalue weighted by molar-refractivity contribution is 6.32. The number of aliphatic hydroxyl groups is 1. The van der Waals surface area contributed by atoms with Crippen molar-refractivity contribution in [1.82, 2.24) is 0 Å². The van der Waals surface area contributed by atoms with Crippen molar-refractivity contribution >= 4 is 29.5 Å². The zero-order chi connectivity index (χ0) is 17.4. The molecule has 2 aromatic carbocycles. The summed E-state index contributed by atoms with van der Waals surface area (Å²) in [6, 6.07) is 16.3. The Morgan fingerprint density at radius 2 is 1.83 bits per heavy atom. The van der Waals surface area contributed by atoms with Crippen LogP contribution in [0.15, 0.2) is 65.2 Å². The van der Waals surface area contributed by atoms with Gasteiger partial charge in [-0.1, -0.05) is 54.1 Å². The maximum Gasteiger partial charge on any atom is 0.343 e. The molecule has 0 saturated heterocycles. The molecule has 0 aliphatic rings. The van der Waals surface area contributed by atoms with Crippen molar-refractivity contribution in [2.45, 2.75) is 13.5 Å². The summed E-state index contributed by atoms with van der Waals surface area (Å²) in [6.45, 7) is 2.29. The number of aliphatic hydroxyl groups excluding tert-OH is 1. The van der Waals surface area contributed by atoms with E-state index in [1.807, 2.05) is 30.3 Å². The molecule has 2 aromatic rings. The monoisotopic (exact) mass is 343 g/mol. The van der Waals surface area contributed by atoms with Crippen LogP contribution in [-0.4, -0.2) is 23.9 Å². The van der Waals surface area contributed by atoms with Crippen LogP contribution in [-0.2, 0) is 16.1 Å². The smallest absolute Gasteiger partial charge is 0.343 e. The lowest BCUT2D eigenvalue weighted by atomic mass is 10.1. The lowest BCUT2D eigenvalue weighted by molar-refractivity contribution is -0.137. The van der Waals surface area contributed by atoms with Crippen LogP contribution >= 0.6 is 11.6 Å². The summed E-state index contributed by atoms with van der Waals surface area (Å²) in [5.74, 6) is -0.900. The summed E-state index contributed by atoms with van der Waals surface area (Å²) in [4.78, 5) is 16.4. The first-order chi connectivity index (χ1) is 11.6. The van der Waals surface area contributed by atoms with Crippen molar-refractivity contribution in [2.24, 2.45) is 4.99 Å². The van der Waals surface area contributed by atoms with Crippen LogP contribution in [0.4, 0.5) is 0 Å². The second kappa shape index (κ2) is 8.89. The summed E-state index contributed by atoms with van der Waals surface area (Å²) < 4.78 is 5.00. The van der Waals surface area contributed by atoms with Gasteiger partial charge < -0.3 is 9.84 Å². The molecule has 24 heavy (non-hydrogen) atoms. The number of hydrogen-bond donors (Lipinski definition) is 1. The maximum atomic E-state index is 12.1. The fourth-order valence-electron chi connectivity index (χ4n) is 2.04. The van der Waals surface area contributed by atoms with Gasteiger partial charge in [0, 0.05) is 11.8 Å². The van der Waals surface area contributed by atoms with E-state index in [4.69, 9.17) is 16.3 Å². The van der Waals surface area contributed by atoms with Crippen molar-refractivity contribution in [3.63, 3.8) is 0 Å². The first-order valence-corrected chi connectivity index (χ1v) is 7.90. The van der Waals surface area contributed by atoms with E-state index in [9.17, 15) is 9.90 Å². The predicted molar refractivity (Wildman–Crippen MR) is 96.3 cm³/mol. The Hall–Kier alpha value is -2.59. The molecule has 0 aliphatic carbocycles. The molecule has 2 rings (SSSR count). The molecule has 0 radical (unpaired) electrons. The van der Waals surface area contributed by atoms with Crippen molar-refractivity contribution in [3.8, 4) is 0 Å². The first kappa shape index (κ1) is 17.8. The van der Waals surface area contributed by atoms with Gasteiger partial charge in [0.05, 0.1) is 18.2 Å². The topological polar surface area (TPSA) is 58.9 Å². The van der Waals surface area contributed by atoms with Crippen LogP contribution in [0.1, 0.15) is 18.1 Å². The van der Waals surface area contributed by atoms with Crippen LogP contribution < -0.4 is 0 Å². The fourth-order valence-corrected chi connectivity index (χ4v) is 2.27. The first-order valence-electron chi connectivity index (χ1n) is 7.52. The minimum Gasteiger partial charge on any atom is -0.506 e. The zero-order valence-electron chi connectivity index (χ0n) is 13.3. The quantitative estimate of drug-likeness (QED) is 0.365. The van der Waals surface area contributed by atoms with Gasteiger partial charge in [0.15, 0.2) is 0 Å². The molecule has 124 valence electrons. The van der Waals surface area contributed by atoms with E-state index in [1.54, 1.807) is 31.2 Å². The highest BCUT2D eigenvalue weighted by Gasteiger charge is 2.17. The third kappa shape index (κ3) is 4.70. The summed E-state index contributed by atoms with van der Waals surface area (Å²) in [7, 11) is 0. The molecule has 0 fully saturated rings. The van der Waals surface area contributed by atoms with Crippen LogP contribution in [0.5, 0.6) is 0 Å².